The molecule has 0 amide bonds. The molecule has 5 aromatic rings. The van der Waals surface area contributed by atoms with E-state index in [0.717, 1.165) is 22.3 Å². The molecule has 0 aliphatic rings. The first-order chi connectivity index (χ1) is 26.7. The summed E-state index contributed by atoms with van der Waals surface area (Å²) in [4.78, 5) is 36.5. The Bertz CT molecular complexity index is 2110. The Morgan fingerprint density at radius 1 is 0.982 bits per heavy atom. The minimum atomic E-state index is -1.26. The third-order valence-corrected chi connectivity index (χ3v) is 8.86. The molecule has 1 N–H and O–H groups in total. The molecular weight excluding hydrogens is 722 g/mol. The minimum Gasteiger partial charge on any atom is -0.569 e. The number of nitrogens with zero attached hydrogens (tertiary/aromatic N) is 8. The number of hydrogen-bond acceptors (Lipinski definition) is 13. The number of benzene rings is 3. The van der Waals surface area contributed by atoms with Crippen LogP contribution in [0.5, 0.6) is 6.01 Å². The van der Waals surface area contributed by atoms with Crippen molar-refractivity contribution in [3.8, 4) is 28.5 Å². The minimum absolute atomic E-state index is 0.215. The standard InChI is InChI=1S/C39H49N9O8/c1-9-52-36-40-32-18-14-17-31(33(32)47(36)25-27-19-21-28(22-20-27)29-15-10-11-16-30(29)34-41-43-44-42-34)35(49)54-26(2)55-37(50)56-39(6,7)23-12-13-24-53-45-48(51)46(8)38(3,4)5/h10-11,14-22,26H,9,12-13,23-25H2,1-8H3,(H,41,42,43,44)/b48-45-. The largest absolute Gasteiger partial charge is 0.569 e. The van der Waals surface area contributed by atoms with Crippen molar-refractivity contribution in [1.82, 2.24) is 35.2 Å². The zero-order valence-electron chi connectivity index (χ0n) is 33.0. The molecule has 0 fully saturated rings. The fraction of sp³-hybridized carbons (Fsp3) is 0.436. The summed E-state index contributed by atoms with van der Waals surface area (Å²) in [5, 5.41) is 31.5. The number of H-pyrrole nitrogens is 1. The predicted octanol–water partition coefficient (Wildman–Crippen LogP) is 7.47. The molecule has 56 heavy (non-hydrogen) atoms. The lowest BCUT2D eigenvalue weighted by Crippen LogP contribution is -2.42. The molecule has 1 atom stereocenters. The Kier molecular flexibility index (Phi) is 13.1. The Morgan fingerprint density at radius 3 is 2.39 bits per heavy atom. The number of ether oxygens (including phenoxy) is 4. The fourth-order valence-electron chi connectivity index (χ4n) is 5.69. The SMILES string of the molecule is CCOc1nc2cccc(C(=O)OC(C)OC(=O)OC(C)(C)CCCCO/N=[N+](\[O-])N(C)C(C)(C)C)c2n1Cc1ccc(-c2ccccc2-c2nn[nH]n2)cc1. The number of fused-ring (bicyclic) bond motifs is 1. The van der Waals surface area contributed by atoms with Gasteiger partial charge in [0.1, 0.15) is 12.2 Å². The monoisotopic (exact) mass is 771 g/mol. The highest BCUT2D eigenvalue weighted by Gasteiger charge is 2.28. The van der Waals surface area contributed by atoms with Crippen molar-refractivity contribution in [2.24, 2.45) is 5.28 Å². The van der Waals surface area contributed by atoms with Crippen LogP contribution in [0.2, 0.25) is 0 Å². The molecule has 2 heterocycles. The Hall–Kier alpha value is -6.26. The van der Waals surface area contributed by atoms with E-state index in [1.165, 1.54) is 11.9 Å². The Balaban J connectivity index is 1.20. The molecule has 0 saturated heterocycles. The van der Waals surface area contributed by atoms with E-state index in [-0.39, 0.29) is 12.2 Å². The lowest BCUT2D eigenvalue weighted by atomic mass is 9.98. The van der Waals surface area contributed by atoms with Crippen LogP contribution in [0.3, 0.4) is 0 Å². The van der Waals surface area contributed by atoms with Crippen molar-refractivity contribution in [1.29, 1.82) is 0 Å². The molecule has 0 radical (unpaired) electrons. The Morgan fingerprint density at radius 2 is 1.71 bits per heavy atom. The summed E-state index contributed by atoms with van der Waals surface area (Å²) in [5.41, 5.74) is 3.64. The molecule has 0 bridgehead atoms. The normalized spacial score (nSPS) is 12.6. The van der Waals surface area contributed by atoms with Gasteiger partial charge in [0.15, 0.2) is 0 Å². The highest BCUT2D eigenvalue weighted by Crippen LogP contribution is 2.31. The molecule has 0 spiro atoms. The molecule has 298 valence electrons. The number of carbonyl (C=O) groups excluding carboxylic acids is 2. The van der Waals surface area contributed by atoms with Gasteiger partial charge in [0.25, 0.3) is 6.01 Å². The number of nitrogens with one attached hydrogen (secondary N) is 1. The first kappa shape index (κ1) is 40.9. The fourth-order valence-corrected chi connectivity index (χ4v) is 5.69. The second-order valence-corrected chi connectivity index (χ2v) is 14.6. The van der Waals surface area contributed by atoms with Crippen molar-refractivity contribution < 1.29 is 38.3 Å². The quantitative estimate of drug-likeness (QED) is 0.0244. The number of aromatic nitrogens is 6. The second-order valence-electron chi connectivity index (χ2n) is 14.6. The molecule has 17 nitrogen and oxygen atoms in total. The van der Waals surface area contributed by atoms with E-state index in [9.17, 15) is 14.8 Å². The molecule has 3 aromatic carbocycles. The van der Waals surface area contributed by atoms with E-state index in [1.807, 2.05) is 80.8 Å². The van der Waals surface area contributed by atoms with Crippen LogP contribution in [-0.4, -0.2) is 90.0 Å². The maximum Gasteiger partial charge on any atom is 0.511 e. The molecule has 5 rings (SSSR count). The smallest absolute Gasteiger partial charge is 0.511 e. The van der Waals surface area contributed by atoms with Crippen LogP contribution in [0, 0.1) is 5.21 Å². The lowest BCUT2D eigenvalue weighted by Gasteiger charge is -2.26. The molecule has 0 aliphatic carbocycles. The first-order valence-electron chi connectivity index (χ1n) is 18.4. The first-order valence-corrected chi connectivity index (χ1v) is 18.4. The maximum absolute atomic E-state index is 13.6. The lowest BCUT2D eigenvalue weighted by molar-refractivity contribution is -0.719. The topological polar surface area (TPSA) is 194 Å². The van der Waals surface area contributed by atoms with Gasteiger partial charge >= 0.3 is 12.1 Å². The summed E-state index contributed by atoms with van der Waals surface area (Å²) in [7, 11) is 1.62. The van der Waals surface area contributed by atoms with Crippen molar-refractivity contribution in [3.05, 3.63) is 83.1 Å². The van der Waals surface area contributed by atoms with Gasteiger partial charge in [-0.2, -0.15) is 10.2 Å². The number of hydrazine groups is 1. The number of hydrogen-bond donors (Lipinski definition) is 1. The van der Waals surface area contributed by atoms with Gasteiger partial charge in [0.05, 0.1) is 47.3 Å². The van der Waals surface area contributed by atoms with E-state index >= 15 is 0 Å². The average molecular weight is 772 g/mol. The average Bonchev–Trinajstić information content (AvgIpc) is 3.81. The Labute approximate surface area is 325 Å². The van der Waals surface area contributed by atoms with Crippen LogP contribution in [0.1, 0.15) is 83.7 Å². The van der Waals surface area contributed by atoms with Gasteiger partial charge in [0, 0.05) is 12.5 Å². The predicted molar refractivity (Wildman–Crippen MR) is 205 cm³/mol. The van der Waals surface area contributed by atoms with E-state index in [0.29, 0.717) is 60.3 Å². The van der Waals surface area contributed by atoms with Gasteiger partial charge < -0.3 is 29.0 Å². The third kappa shape index (κ3) is 10.5. The van der Waals surface area contributed by atoms with Crippen LogP contribution >= 0.6 is 0 Å². The number of aromatic amines is 1. The van der Waals surface area contributed by atoms with Crippen molar-refractivity contribution in [2.45, 2.75) is 91.7 Å². The number of imidazole rings is 1. The summed E-state index contributed by atoms with van der Waals surface area (Å²) in [5.74, 6) is -0.222. The van der Waals surface area contributed by atoms with E-state index in [2.05, 4.69) is 30.9 Å². The number of esters is 1. The zero-order chi connectivity index (χ0) is 40.5. The molecule has 1 unspecified atom stereocenters. The van der Waals surface area contributed by atoms with Gasteiger partial charge in [0.2, 0.25) is 17.4 Å². The molecule has 0 saturated carbocycles. The highest BCUT2D eigenvalue weighted by atomic mass is 16.8. The summed E-state index contributed by atoms with van der Waals surface area (Å²) in [6, 6.07) is 21.2. The third-order valence-electron chi connectivity index (χ3n) is 8.86. The summed E-state index contributed by atoms with van der Waals surface area (Å²) in [6.45, 7) is 13.3. The summed E-state index contributed by atoms with van der Waals surface area (Å²) >= 11 is 0. The number of unbranched alkanes of at least 4 members (excludes halogenated alkanes) is 1. The van der Waals surface area contributed by atoms with Gasteiger partial charge in [-0.05, 0) is 94.8 Å². The van der Waals surface area contributed by atoms with Gasteiger partial charge in [-0.25, -0.2) is 9.59 Å². The zero-order valence-corrected chi connectivity index (χ0v) is 33.0. The van der Waals surface area contributed by atoms with Crippen LogP contribution in [0.4, 0.5) is 4.79 Å². The number of para-hydroxylation sites is 1. The van der Waals surface area contributed by atoms with Crippen molar-refractivity contribution in [3.63, 3.8) is 0 Å². The number of carbonyl (C=O) groups is 2. The molecule has 2 aromatic heterocycles. The van der Waals surface area contributed by atoms with E-state index < -0.39 is 29.6 Å². The number of rotatable bonds is 17. The van der Waals surface area contributed by atoms with Crippen molar-refractivity contribution in [2.75, 3.05) is 20.3 Å². The van der Waals surface area contributed by atoms with Crippen LogP contribution < -0.4 is 4.74 Å². The molecule has 0 aliphatic heterocycles. The van der Waals surface area contributed by atoms with Crippen LogP contribution in [-0.2, 0) is 25.6 Å². The maximum atomic E-state index is 13.6. The summed E-state index contributed by atoms with van der Waals surface area (Å²) < 4.78 is 24.1. The second kappa shape index (κ2) is 17.9. The van der Waals surface area contributed by atoms with Crippen LogP contribution in [0.15, 0.2) is 72.0 Å². The van der Waals surface area contributed by atoms with Crippen LogP contribution in [0.25, 0.3) is 33.5 Å². The molecular formula is C39H49N9O8. The molecule has 17 heteroatoms. The highest BCUT2D eigenvalue weighted by molar-refractivity contribution is 6.02. The summed E-state index contributed by atoms with van der Waals surface area (Å²) in [6.07, 6.45) is -0.577. The van der Waals surface area contributed by atoms with E-state index in [4.69, 9.17) is 23.8 Å². The van der Waals surface area contributed by atoms with Gasteiger partial charge in [-0.3, -0.25) is 4.57 Å². The van der Waals surface area contributed by atoms with Gasteiger partial charge in [-0.15, -0.1) is 15.2 Å². The van der Waals surface area contributed by atoms with E-state index in [1.54, 1.807) is 39.1 Å². The van der Waals surface area contributed by atoms with Crippen molar-refractivity contribution >= 4 is 23.2 Å². The van der Waals surface area contributed by atoms with Gasteiger partial charge in [-0.1, -0.05) is 54.6 Å². The number of tetrazole rings is 1.